The minimum absolute atomic E-state index is 0.0686. The minimum Gasteiger partial charge on any atom is -0.491 e. The quantitative estimate of drug-likeness (QED) is 0.794. The van der Waals surface area contributed by atoms with Gasteiger partial charge in [-0.1, -0.05) is 6.07 Å². The van der Waals surface area contributed by atoms with Gasteiger partial charge in [0.2, 0.25) is 5.91 Å². The van der Waals surface area contributed by atoms with Crippen molar-refractivity contribution in [3.63, 3.8) is 0 Å². The largest absolute Gasteiger partial charge is 0.491 e. The summed E-state index contributed by atoms with van der Waals surface area (Å²) in [5.41, 5.74) is 6.69. The Kier molecular flexibility index (Phi) is 4.45. The fraction of sp³-hybridized carbons (Fsp3) is 0.429. The molecule has 3 N–H and O–H groups in total. The summed E-state index contributed by atoms with van der Waals surface area (Å²) in [5.74, 6) is 0.0279. The first kappa shape index (κ1) is 14.2. The number of rotatable bonds is 3. The summed E-state index contributed by atoms with van der Waals surface area (Å²) in [6, 6.07) is 5.08. The molecule has 0 radical (unpaired) electrons. The van der Waals surface area contributed by atoms with E-state index in [0.29, 0.717) is 36.7 Å². The van der Waals surface area contributed by atoms with Crippen LogP contribution in [0, 0.1) is 0 Å². The van der Waals surface area contributed by atoms with E-state index >= 15 is 0 Å². The second kappa shape index (κ2) is 6.27. The zero-order chi connectivity index (χ0) is 14.5. The molecule has 0 aliphatic carbocycles. The van der Waals surface area contributed by atoms with Crippen LogP contribution < -0.4 is 15.8 Å². The van der Waals surface area contributed by atoms with Crippen molar-refractivity contribution >= 4 is 17.5 Å². The van der Waals surface area contributed by atoms with E-state index in [0.717, 1.165) is 6.42 Å². The van der Waals surface area contributed by atoms with Crippen molar-refractivity contribution < 1.29 is 14.3 Å². The zero-order valence-corrected chi connectivity index (χ0v) is 11.5. The molecule has 1 aliphatic rings. The lowest BCUT2D eigenvalue weighted by Crippen LogP contribution is -2.37. The summed E-state index contributed by atoms with van der Waals surface area (Å²) in [7, 11) is 0. The molecule has 1 aromatic rings. The third-order valence-corrected chi connectivity index (χ3v) is 3.11. The first-order valence-corrected chi connectivity index (χ1v) is 6.70. The van der Waals surface area contributed by atoms with Crippen LogP contribution in [0.2, 0.25) is 0 Å². The standard InChI is InChI=1S/C14H19N3O3/c1-2-20-13-10(5-3-6-11(13)15)14(19)17-8-4-7-16-12(18)9-17/h3,5-6H,2,4,7-9,15H2,1H3,(H,16,18). The van der Waals surface area contributed by atoms with Crippen molar-refractivity contribution in [2.75, 3.05) is 32.0 Å². The molecule has 6 nitrogen and oxygen atoms in total. The van der Waals surface area contributed by atoms with Gasteiger partial charge in [-0.2, -0.15) is 0 Å². The topological polar surface area (TPSA) is 84.7 Å². The molecule has 2 rings (SSSR count). The van der Waals surface area contributed by atoms with Crippen LogP contribution in [0.4, 0.5) is 5.69 Å². The van der Waals surface area contributed by atoms with Crippen LogP contribution in [-0.2, 0) is 4.79 Å². The number of nitrogens with zero attached hydrogens (tertiary/aromatic N) is 1. The molecule has 0 unspecified atom stereocenters. The van der Waals surface area contributed by atoms with Gasteiger partial charge in [-0.25, -0.2) is 0 Å². The average Bonchev–Trinajstić information content (AvgIpc) is 2.65. The number of benzene rings is 1. The Bertz CT molecular complexity index is 516. The number of anilines is 1. The number of ether oxygens (including phenoxy) is 1. The number of nitrogen functional groups attached to an aromatic ring is 1. The highest BCUT2D eigenvalue weighted by Gasteiger charge is 2.24. The molecule has 1 aliphatic heterocycles. The fourth-order valence-corrected chi connectivity index (χ4v) is 2.18. The normalized spacial score (nSPS) is 15.4. The lowest BCUT2D eigenvalue weighted by atomic mass is 10.1. The summed E-state index contributed by atoms with van der Waals surface area (Å²) in [5, 5.41) is 2.74. The summed E-state index contributed by atoms with van der Waals surface area (Å²) in [6.45, 7) is 3.46. The van der Waals surface area contributed by atoms with Gasteiger partial charge in [0.05, 0.1) is 24.4 Å². The number of carbonyl (C=O) groups is 2. The summed E-state index contributed by atoms with van der Waals surface area (Å²) in [4.78, 5) is 25.6. The molecular weight excluding hydrogens is 258 g/mol. The van der Waals surface area contributed by atoms with Gasteiger partial charge in [0.25, 0.3) is 5.91 Å². The second-order valence-electron chi connectivity index (χ2n) is 4.59. The van der Waals surface area contributed by atoms with E-state index in [1.165, 1.54) is 4.90 Å². The number of amides is 2. The van der Waals surface area contributed by atoms with Crippen LogP contribution in [0.15, 0.2) is 18.2 Å². The lowest BCUT2D eigenvalue weighted by molar-refractivity contribution is -0.121. The van der Waals surface area contributed by atoms with E-state index in [2.05, 4.69) is 5.32 Å². The highest BCUT2D eigenvalue weighted by Crippen LogP contribution is 2.27. The van der Waals surface area contributed by atoms with Gasteiger partial charge in [0.15, 0.2) is 5.75 Å². The minimum atomic E-state index is -0.224. The number of para-hydroxylation sites is 1. The van der Waals surface area contributed by atoms with Crippen molar-refractivity contribution in [1.82, 2.24) is 10.2 Å². The van der Waals surface area contributed by atoms with Gasteiger partial charge in [0, 0.05) is 13.1 Å². The number of nitrogens with one attached hydrogen (secondary N) is 1. The Hall–Kier alpha value is -2.24. The highest BCUT2D eigenvalue weighted by atomic mass is 16.5. The molecule has 0 aromatic heterocycles. The SMILES string of the molecule is CCOc1c(N)cccc1C(=O)N1CCCNC(=O)C1. The summed E-state index contributed by atoms with van der Waals surface area (Å²) in [6.07, 6.45) is 0.740. The van der Waals surface area contributed by atoms with Crippen LogP contribution in [-0.4, -0.2) is 43.0 Å². The van der Waals surface area contributed by atoms with E-state index in [1.54, 1.807) is 18.2 Å². The Labute approximate surface area is 117 Å². The molecule has 0 atom stereocenters. The summed E-state index contributed by atoms with van der Waals surface area (Å²) >= 11 is 0. The first-order chi connectivity index (χ1) is 9.63. The first-order valence-electron chi connectivity index (χ1n) is 6.70. The van der Waals surface area contributed by atoms with Gasteiger partial charge in [-0.3, -0.25) is 9.59 Å². The van der Waals surface area contributed by atoms with Gasteiger partial charge < -0.3 is 20.7 Å². The van der Waals surface area contributed by atoms with Crippen LogP contribution in [0.1, 0.15) is 23.7 Å². The van der Waals surface area contributed by atoms with Crippen LogP contribution >= 0.6 is 0 Å². The molecule has 20 heavy (non-hydrogen) atoms. The van der Waals surface area contributed by atoms with Crippen molar-refractivity contribution in [3.8, 4) is 5.75 Å². The molecule has 1 fully saturated rings. The molecule has 0 saturated carbocycles. The maximum atomic E-state index is 12.6. The van der Waals surface area contributed by atoms with E-state index in [1.807, 2.05) is 6.92 Å². The van der Waals surface area contributed by atoms with E-state index in [-0.39, 0.29) is 18.4 Å². The van der Waals surface area contributed by atoms with Crippen molar-refractivity contribution in [2.24, 2.45) is 0 Å². The van der Waals surface area contributed by atoms with Crippen molar-refractivity contribution in [3.05, 3.63) is 23.8 Å². The molecule has 1 aromatic carbocycles. The molecular formula is C14H19N3O3. The van der Waals surface area contributed by atoms with E-state index in [9.17, 15) is 9.59 Å². The van der Waals surface area contributed by atoms with Gasteiger partial charge in [-0.05, 0) is 25.5 Å². The molecule has 1 heterocycles. The molecule has 2 amide bonds. The number of hydrogen-bond donors (Lipinski definition) is 2. The third kappa shape index (κ3) is 3.01. The van der Waals surface area contributed by atoms with Crippen LogP contribution in [0.25, 0.3) is 0 Å². The Balaban J connectivity index is 2.28. The van der Waals surface area contributed by atoms with Gasteiger partial charge >= 0.3 is 0 Å². The number of hydrogen-bond acceptors (Lipinski definition) is 4. The van der Waals surface area contributed by atoms with E-state index in [4.69, 9.17) is 10.5 Å². The molecule has 0 spiro atoms. The smallest absolute Gasteiger partial charge is 0.258 e. The average molecular weight is 277 g/mol. The predicted octanol–water partition coefficient (Wildman–Crippen LogP) is 0.630. The summed E-state index contributed by atoms with van der Waals surface area (Å²) < 4.78 is 5.46. The Morgan fingerprint density at radius 3 is 3.05 bits per heavy atom. The third-order valence-electron chi connectivity index (χ3n) is 3.11. The van der Waals surface area contributed by atoms with Gasteiger partial charge in [0.1, 0.15) is 0 Å². The van der Waals surface area contributed by atoms with Crippen molar-refractivity contribution in [2.45, 2.75) is 13.3 Å². The zero-order valence-electron chi connectivity index (χ0n) is 11.5. The predicted molar refractivity (Wildman–Crippen MR) is 75.6 cm³/mol. The number of nitrogens with two attached hydrogens (primary N) is 1. The maximum absolute atomic E-state index is 12.6. The monoisotopic (exact) mass is 277 g/mol. The fourth-order valence-electron chi connectivity index (χ4n) is 2.18. The van der Waals surface area contributed by atoms with Crippen molar-refractivity contribution in [1.29, 1.82) is 0 Å². The molecule has 1 saturated heterocycles. The van der Waals surface area contributed by atoms with Crippen LogP contribution in [0.5, 0.6) is 5.75 Å². The number of carbonyl (C=O) groups excluding carboxylic acids is 2. The second-order valence-corrected chi connectivity index (χ2v) is 4.59. The Morgan fingerprint density at radius 2 is 2.30 bits per heavy atom. The van der Waals surface area contributed by atoms with Crippen LogP contribution in [0.3, 0.4) is 0 Å². The van der Waals surface area contributed by atoms with E-state index < -0.39 is 0 Å². The highest BCUT2D eigenvalue weighted by molar-refractivity contribution is 6.00. The molecule has 0 bridgehead atoms. The molecule has 108 valence electrons. The maximum Gasteiger partial charge on any atom is 0.258 e. The molecule has 6 heteroatoms. The lowest BCUT2D eigenvalue weighted by Gasteiger charge is -2.21. The van der Waals surface area contributed by atoms with Gasteiger partial charge in [-0.15, -0.1) is 0 Å². The Morgan fingerprint density at radius 1 is 1.50 bits per heavy atom.